The van der Waals surface area contributed by atoms with E-state index in [1.807, 2.05) is 0 Å². The number of nitro groups is 1. The SMILES string of the molecule is O=c1[nH]c2ccc(Nc3nc(Cl)ncc3[N+](=O)[O-])cc2[nH]1. The highest BCUT2D eigenvalue weighted by Gasteiger charge is 2.17. The molecule has 21 heavy (non-hydrogen) atoms. The van der Waals surface area contributed by atoms with Crippen LogP contribution in [0.1, 0.15) is 0 Å². The molecule has 0 unspecified atom stereocenters. The van der Waals surface area contributed by atoms with Crippen LogP contribution in [0, 0.1) is 10.1 Å². The molecule has 0 atom stereocenters. The first-order chi connectivity index (χ1) is 10.0. The van der Waals surface area contributed by atoms with Crippen molar-refractivity contribution in [2.75, 3.05) is 5.32 Å². The third-order valence-corrected chi connectivity index (χ3v) is 2.90. The van der Waals surface area contributed by atoms with Crippen molar-refractivity contribution >= 4 is 39.8 Å². The summed E-state index contributed by atoms with van der Waals surface area (Å²) in [6, 6.07) is 4.92. The Bertz CT molecular complexity index is 902. The lowest BCUT2D eigenvalue weighted by Gasteiger charge is -2.06. The molecule has 1 aromatic carbocycles. The molecular weight excluding hydrogens is 300 g/mol. The third-order valence-electron chi connectivity index (χ3n) is 2.72. The van der Waals surface area contributed by atoms with E-state index in [-0.39, 0.29) is 22.5 Å². The normalized spacial score (nSPS) is 10.7. The Morgan fingerprint density at radius 2 is 2.05 bits per heavy atom. The zero-order chi connectivity index (χ0) is 15.0. The number of nitrogens with zero attached hydrogens (tertiary/aromatic N) is 3. The molecule has 3 N–H and O–H groups in total. The van der Waals surface area contributed by atoms with Crippen LogP contribution in [0.5, 0.6) is 0 Å². The second kappa shape index (κ2) is 4.87. The summed E-state index contributed by atoms with van der Waals surface area (Å²) in [5, 5.41) is 13.6. The van der Waals surface area contributed by atoms with E-state index in [2.05, 4.69) is 25.3 Å². The van der Waals surface area contributed by atoms with Crippen molar-refractivity contribution in [1.29, 1.82) is 0 Å². The minimum Gasteiger partial charge on any atom is -0.334 e. The van der Waals surface area contributed by atoms with E-state index >= 15 is 0 Å². The van der Waals surface area contributed by atoms with Crippen LogP contribution in [-0.4, -0.2) is 24.9 Å². The summed E-state index contributed by atoms with van der Waals surface area (Å²) in [7, 11) is 0. The van der Waals surface area contributed by atoms with E-state index in [0.717, 1.165) is 6.20 Å². The van der Waals surface area contributed by atoms with Gasteiger partial charge in [-0.25, -0.2) is 9.78 Å². The minimum absolute atomic E-state index is 0.0303. The molecule has 106 valence electrons. The number of aromatic amines is 2. The molecular formula is C11H7ClN6O3. The van der Waals surface area contributed by atoms with Crippen molar-refractivity contribution in [3.63, 3.8) is 0 Å². The van der Waals surface area contributed by atoms with Crippen molar-refractivity contribution in [2.24, 2.45) is 0 Å². The maximum Gasteiger partial charge on any atom is 0.329 e. The Hall–Kier alpha value is -2.94. The lowest BCUT2D eigenvalue weighted by atomic mass is 10.2. The van der Waals surface area contributed by atoms with Crippen molar-refractivity contribution in [2.45, 2.75) is 0 Å². The number of anilines is 2. The fraction of sp³-hybridized carbons (Fsp3) is 0. The van der Waals surface area contributed by atoms with Crippen molar-refractivity contribution in [1.82, 2.24) is 19.9 Å². The summed E-state index contributed by atoms with van der Waals surface area (Å²) in [6.45, 7) is 0. The van der Waals surface area contributed by atoms with Crippen molar-refractivity contribution < 1.29 is 4.92 Å². The standard InChI is InChI=1S/C11H7ClN6O3/c12-10-13-4-8(18(20)21)9(17-10)14-5-1-2-6-7(3-5)16-11(19)15-6/h1-4H,(H,13,14,17)(H2,15,16,19). The summed E-state index contributed by atoms with van der Waals surface area (Å²) in [4.78, 5) is 34.1. The second-order valence-corrected chi connectivity index (χ2v) is 4.43. The summed E-state index contributed by atoms with van der Waals surface area (Å²) < 4.78 is 0. The largest absolute Gasteiger partial charge is 0.334 e. The Kier molecular flexibility index (Phi) is 3.03. The molecule has 10 heteroatoms. The number of hydrogen-bond donors (Lipinski definition) is 3. The molecule has 0 aliphatic carbocycles. The van der Waals surface area contributed by atoms with Crippen molar-refractivity contribution in [3.8, 4) is 0 Å². The monoisotopic (exact) mass is 306 g/mol. The highest BCUT2D eigenvalue weighted by Crippen LogP contribution is 2.26. The zero-order valence-corrected chi connectivity index (χ0v) is 11.0. The van der Waals surface area contributed by atoms with Gasteiger partial charge in [-0.05, 0) is 29.8 Å². The van der Waals surface area contributed by atoms with Gasteiger partial charge >= 0.3 is 11.4 Å². The molecule has 0 amide bonds. The van der Waals surface area contributed by atoms with E-state index in [1.165, 1.54) is 0 Å². The van der Waals surface area contributed by atoms with E-state index < -0.39 is 4.92 Å². The quantitative estimate of drug-likeness (QED) is 0.385. The fourth-order valence-corrected chi connectivity index (χ4v) is 1.96. The van der Waals surface area contributed by atoms with Gasteiger partial charge in [-0.2, -0.15) is 4.98 Å². The number of nitrogens with one attached hydrogen (secondary N) is 3. The summed E-state index contributed by atoms with van der Waals surface area (Å²) in [5.41, 5.74) is 1.06. The van der Waals surface area contributed by atoms with E-state index in [4.69, 9.17) is 11.6 Å². The van der Waals surface area contributed by atoms with Crippen LogP contribution in [0.3, 0.4) is 0 Å². The van der Waals surface area contributed by atoms with Gasteiger partial charge in [0.25, 0.3) is 0 Å². The van der Waals surface area contributed by atoms with Gasteiger partial charge < -0.3 is 15.3 Å². The number of halogens is 1. The summed E-state index contributed by atoms with van der Waals surface area (Å²) in [5.74, 6) is -0.0303. The molecule has 9 nitrogen and oxygen atoms in total. The van der Waals surface area contributed by atoms with Gasteiger partial charge in [-0.15, -0.1) is 0 Å². The molecule has 2 aromatic heterocycles. The third kappa shape index (κ3) is 2.54. The first-order valence-corrected chi connectivity index (χ1v) is 6.07. The predicted molar refractivity (Wildman–Crippen MR) is 75.9 cm³/mol. The van der Waals surface area contributed by atoms with Crippen LogP contribution in [0.25, 0.3) is 11.0 Å². The number of hydrogen-bond acceptors (Lipinski definition) is 6. The van der Waals surface area contributed by atoms with Crippen LogP contribution < -0.4 is 11.0 Å². The number of H-pyrrole nitrogens is 2. The van der Waals surface area contributed by atoms with Crippen molar-refractivity contribution in [3.05, 3.63) is 50.3 Å². The first kappa shape index (κ1) is 13.1. The Morgan fingerprint density at radius 1 is 1.29 bits per heavy atom. The Balaban J connectivity index is 2.03. The highest BCUT2D eigenvalue weighted by molar-refractivity contribution is 6.28. The highest BCUT2D eigenvalue weighted by atomic mass is 35.5. The number of benzene rings is 1. The average Bonchev–Trinajstić information content (AvgIpc) is 2.77. The van der Waals surface area contributed by atoms with Gasteiger partial charge in [0.05, 0.1) is 16.0 Å². The molecule has 0 aliphatic heterocycles. The molecule has 0 aliphatic rings. The maximum atomic E-state index is 11.2. The molecule has 3 aromatic rings. The molecule has 2 heterocycles. The van der Waals surface area contributed by atoms with Gasteiger partial charge in [0.2, 0.25) is 11.1 Å². The average molecular weight is 307 g/mol. The second-order valence-electron chi connectivity index (χ2n) is 4.09. The molecule has 0 bridgehead atoms. The number of fused-ring (bicyclic) bond motifs is 1. The lowest BCUT2D eigenvalue weighted by Crippen LogP contribution is -2.01. The number of rotatable bonds is 3. The molecule has 0 saturated carbocycles. The van der Waals surface area contributed by atoms with Gasteiger partial charge in [0.15, 0.2) is 0 Å². The van der Waals surface area contributed by atoms with Gasteiger partial charge in [-0.3, -0.25) is 10.1 Å². The zero-order valence-electron chi connectivity index (χ0n) is 10.3. The van der Waals surface area contributed by atoms with Gasteiger partial charge in [-0.1, -0.05) is 0 Å². The van der Waals surface area contributed by atoms with Crippen LogP contribution in [-0.2, 0) is 0 Å². The fourth-order valence-electron chi connectivity index (χ4n) is 1.83. The van der Waals surface area contributed by atoms with Crippen LogP contribution in [0.15, 0.2) is 29.2 Å². The molecule has 0 spiro atoms. The lowest BCUT2D eigenvalue weighted by molar-refractivity contribution is -0.384. The van der Waals surface area contributed by atoms with Gasteiger partial charge in [0, 0.05) is 5.69 Å². The minimum atomic E-state index is -0.616. The molecule has 3 rings (SSSR count). The smallest absolute Gasteiger partial charge is 0.329 e. The molecule has 0 saturated heterocycles. The van der Waals surface area contributed by atoms with Crippen LogP contribution in [0.2, 0.25) is 5.28 Å². The van der Waals surface area contributed by atoms with E-state index in [1.54, 1.807) is 18.2 Å². The Labute approximate surface area is 121 Å². The topological polar surface area (TPSA) is 130 Å². The molecule has 0 fully saturated rings. The molecule has 0 radical (unpaired) electrons. The van der Waals surface area contributed by atoms with Gasteiger partial charge in [0.1, 0.15) is 6.20 Å². The van der Waals surface area contributed by atoms with E-state index in [0.29, 0.717) is 16.7 Å². The summed E-state index contributed by atoms with van der Waals surface area (Å²) in [6.07, 6.45) is 1.02. The number of aromatic nitrogens is 4. The number of imidazole rings is 1. The maximum absolute atomic E-state index is 11.2. The Morgan fingerprint density at radius 3 is 2.81 bits per heavy atom. The predicted octanol–water partition coefficient (Wildman–Crippen LogP) is 1.95. The van der Waals surface area contributed by atoms with Crippen LogP contribution >= 0.6 is 11.6 Å². The van der Waals surface area contributed by atoms with E-state index in [9.17, 15) is 14.9 Å². The van der Waals surface area contributed by atoms with Crippen LogP contribution in [0.4, 0.5) is 17.2 Å². The summed E-state index contributed by atoms with van der Waals surface area (Å²) >= 11 is 5.65. The first-order valence-electron chi connectivity index (χ1n) is 5.69.